The molecule has 1 atom stereocenters. The van der Waals surface area contributed by atoms with E-state index < -0.39 is 29.1 Å². The number of phenols is 1. The second kappa shape index (κ2) is 6.36. The van der Waals surface area contributed by atoms with Crippen molar-refractivity contribution in [2.24, 2.45) is 5.73 Å². The van der Waals surface area contributed by atoms with E-state index in [4.69, 9.17) is 10.5 Å². The first-order valence-corrected chi connectivity index (χ1v) is 7.82. The highest BCUT2D eigenvalue weighted by Gasteiger charge is 2.47. The van der Waals surface area contributed by atoms with Crippen LogP contribution in [0.25, 0.3) is 0 Å². The summed E-state index contributed by atoms with van der Waals surface area (Å²) in [4.78, 5) is 37.1. The number of primary amides is 1. The van der Waals surface area contributed by atoms with Crippen LogP contribution in [0.5, 0.6) is 5.75 Å². The molecule has 4 N–H and O–H groups in total. The number of hydrogen-bond acceptors (Lipinski definition) is 6. The van der Waals surface area contributed by atoms with Gasteiger partial charge in [0.25, 0.3) is 11.8 Å². The first-order chi connectivity index (χ1) is 11.4. The molecule has 1 heterocycles. The minimum Gasteiger partial charge on any atom is -0.508 e. The van der Waals surface area contributed by atoms with Gasteiger partial charge in [-0.2, -0.15) is 0 Å². The predicted octanol–water partition coefficient (Wildman–Crippen LogP) is 0.644. The normalized spacial score (nSPS) is 16.3. The number of hydrogen-bond donors (Lipinski definition) is 3. The summed E-state index contributed by atoms with van der Waals surface area (Å²) in [7, 11) is 0. The predicted molar refractivity (Wildman–Crippen MR) is 87.2 cm³/mol. The van der Waals surface area contributed by atoms with Crippen LogP contribution in [-0.4, -0.2) is 44.2 Å². The zero-order valence-electron chi connectivity index (χ0n) is 14.4. The summed E-state index contributed by atoms with van der Waals surface area (Å²) in [5.41, 5.74) is 2.99. The summed E-state index contributed by atoms with van der Waals surface area (Å²) >= 11 is 0. The Morgan fingerprint density at radius 2 is 1.96 bits per heavy atom. The van der Waals surface area contributed by atoms with Crippen LogP contribution in [0.2, 0.25) is 0 Å². The highest BCUT2D eigenvalue weighted by molar-refractivity contribution is 6.01. The molecule has 1 aromatic carbocycles. The molecule has 2 amide bonds. The van der Waals surface area contributed by atoms with Gasteiger partial charge >= 0.3 is 5.97 Å². The maximum atomic E-state index is 12.5. The van der Waals surface area contributed by atoms with Crippen molar-refractivity contribution in [3.05, 3.63) is 29.3 Å². The molecule has 25 heavy (non-hydrogen) atoms. The molecule has 1 aliphatic rings. The van der Waals surface area contributed by atoms with Gasteiger partial charge in [0, 0.05) is 12.0 Å². The van der Waals surface area contributed by atoms with E-state index in [-0.39, 0.29) is 30.7 Å². The van der Waals surface area contributed by atoms with E-state index in [2.05, 4.69) is 0 Å². The van der Waals surface area contributed by atoms with Gasteiger partial charge in [-0.1, -0.05) is 0 Å². The van der Waals surface area contributed by atoms with E-state index in [1.54, 1.807) is 20.8 Å². The zero-order valence-corrected chi connectivity index (χ0v) is 14.4. The van der Waals surface area contributed by atoms with Gasteiger partial charge in [0.2, 0.25) is 5.72 Å². The maximum Gasteiger partial charge on any atom is 0.306 e. The first kappa shape index (κ1) is 18.7. The Balaban J connectivity index is 2.19. The minimum atomic E-state index is -2.33. The van der Waals surface area contributed by atoms with Crippen molar-refractivity contribution in [2.45, 2.75) is 51.5 Å². The van der Waals surface area contributed by atoms with E-state index in [9.17, 15) is 24.6 Å². The van der Waals surface area contributed by atoms with E-state index >= 15 is 0 Å². The Morgan fingerprint density at radius 1 is 1.32 bits per heavy atom. The van der Waals surface area contributed by atoms with Gasteiger partial charge in [-0.05, 0) is 44.5 Å². The lowest BCUT2D eigenvalue weighted by molar-refractivity contribution is -0.164. The Kier molecular flexibility index (Phi) is 4.76. The topological polar surface area (TPSA) is 130 Å². The van der Waals surface area contributed by atoms with Crippen LogP contribution in [-0.2, 0) is 20.9 Å². The summed E-state index contributed by atoms with van der Waals surface area (Å²) in [6, 6.07) is 4.12. The first-order valence-electron chi connectivity index (χ1n) is 7.82. The molecule has 0 bridgehead atoms. The minimum absolute atomic E-state index is 0.0373. The molecule has 1 aliphatic heterocycles. The van der Waals surface area contributed by atoms with Crippen LogP contribution in [0.3, 0.4) is 0 Å². The number of carbonyl (C=O) groups is 3. The summed E-state index contributed by atoms with van der Waals surface area (Å²) < 4.78 is 5.14. The third kappa shape index (κ3) is 3.90. The molecule has 0 saturated carbocycles. The number of nitrogens with zero attached hydrogens (tertiary/aromatic N) is 1. The van der Waals surface area contributed by atoms with Crippen LogP contribution >= 0.6 is 0 Å². The second-order valence-corrected chi connectivity index (χ2v) is 7.00. The fraction of sp³-hybridized carbons (Fsp3) is 0.471. The summed E-state index contributed by atoms with van der Waals surface area (Å²) in [5, 5.41) is 20.2. The molecule has 8 heteroatoms. The number of rotatable bonds is 5. The van der Waals surface area contributed by atoms with Crippen molar-refractivity contribution in [1.82, 2.24) is 4.90 Å². The van der Waals surface area contributed by atoms with Gasteiger partial charge in [0.1, 0.15) is 11.4 Å². The quantitative estimate of drug-likeness (QED) is 0.668. The number of carbonyl (C=O) groups excluding carboxylic acids is 3. The molecule has 0 aliphatic carbocycles. The highest BCUT2D eigenvalue weighted by atomic mass is 16.6. The van der Waals surface area contributed by atoms with Crippen LogP contribution < -0.4 is 5.73 Å². The molecule has 1 aromatic rings. The standard InChI is InChI=1S/C17H22N2O6/c1-16(2,3)25-13(21)6-7-17(24,15(18)23)19-9-10-8-11(20)4-5-12(10)14(19)22/h4-5,8,20,24H,6-7,9H2,1-3H3,(H2,18,23)/t17-/m0/s1. The number of phenolic OH excluding ortho intramolecular Hbond substituents is 1. The number of aliphatic hydroxyl groups is 1. The largest absolute Gasteiger partial charge is 0.508 e. The van der Waals surface area contributed by atoms with Crippen molar-refractivity contribution in [3.8, 4) is 5.75 Å². The van der Waals surface area contributed by atoms with Crippen LogP contribution in [0.1, 0.15) is 49.5 Å². The molecule has 0 unspecified atom stereocenters. The Bertz CT molecular complexity index is 724. The number of fused-ring (bicyclic) bond motifs is 1. The van der Waals surface area contributed by atoms with Gasteiger partial charge in [0.05, 0.1) is 13.0 Å². The van der Waals surface area contributed by atoms with Crippen LogP contribution in [0, 0.1) is 0 Å². The Morgan fingerprint density at radius 3 is 2.52 bits per heavy atom. The second-order valence-electron chi connectivity index (χ2n) is 7.00. The van der Waals surface area contributed by atoms with Gasteiger partial charge < -0.3 is 20.7 Å². The number of esters is 1. The maximum absolute atomic E-state index is 12.5. The molecule has 0 aromatic heterocycles. The van der Waals surface area contributed by atoms with Gasteiger partial charge in [-0.25, -0.2) is 0 Å². The van der Waals surface area contributed by atoms with E-state index in [1.807, 2.05) is 0 Å². The Hall–Kier alpha value is -2.61. The molecule has 0 fully saturated rings. The zero-order chi connectivity index (χ0) is 19.0. The molecule has 136 valence electrons. The number of amides is 2. The third-order valence-corrected chi connectivity index (χ3v) is 3.83. The van der Waals surface area contributed by atoms with Gasteiger partial charge in [-0.3, -0.25) is 19.3 Å². The fourth-order valence-corrected chi connectivity index (χ4v) is 2.67. The van der Waals surface area contributed by atoms with Crippen LogP contribution in [0.4, 0.5) is 0 Å². The number of aromatic hydroxyl groups is 1. The summed E-state index contributed by atoms with van der Waals surface area (Å²) in [6.07, 6.45) is -0.676. The van der Waals surface area contributed by atoms with Crippen molar-refractivity contribution < 1.29 is 29.3 Å². The number of ether oxygens (including phenoxy) is 1. The van der Waals surface area contributed by atoms with Crippen LogP contribution in [0.15, 0.2) is 18.2 Å². The molecule has 8 nitrogen and oxygen atoms in total. The molecule has 0 spiro atoms. The van der Waals surface area contributed by atoms with Gasteiger partial charge in [-0.15, -0.1) is 0 Å². The smallest absolute Gasteiger partial charge is 0.306 e. The fourth-order valence-electron chi connectivity index (χ4n) is 2.67. The monoisotopic (exact) mass is 350 g/mol. The highest BCUT2D eigenvalue weighted by Crippen LogP contribution is 2.32. The van der Waals surface area contributed by atoms with Crippen molar-refractivity contribution in [1.29, 1.82) is 0 Å². The van der Waals surface area contributed by atoms with E-state index in [0.29, 0.717) is 5.56 Å². The third-order valence-electron chi connectivity index (χ3n) is 3.83. The Labute approximate surface area is 145 Å². The average molecular weight is 350 g/mol. The van der Waals surface area contributed by atoms with E-state index in [1.165, 1.54) is 18.2 Å². The number of nitrogens with two attached hydrogens (primary N) is 1. The molecular formula is C17H22N2O6. The molecule has 0 radical (unpaired) electrons. The molecule has 2 rings (SSSR count). The lowest BCUT2D eigenvalue weighted by atomic mass is 10.0. The summed E-state index contributed by atoms with van der Waals surface area (Å²) in [6.45, 7) is 4.98. The number of benzene rings is 1. The SMILES string of the molecule is CC(C)(C)OC(=O)CC[C@](O)(C(N)=O)N1Cc2cc(O)ccc2C1=O. The van der Waals surface area contributed by atoms with Crippen molar-refractivity contribution in [3.63, 3.8) is 0 Å². The van der Waals surface area contributed by atoms with E-state index in [0.717, 1.165) is 4.90 Å². The summed E-state index contributed by atoms with van der Waals surface area (Å²) in [5.74, 6) is -2.39. The van der Waals surface area contributed by atoms with Crippen molar-refractivity contribution in [2.75, 3.05) is 0 Å². The average Bonchev–Trinajstić information content (AvgIpc) is 2.79. The lowest BCUT2D eigenvalue weighted by Crippen LogP contribution is -2.58. The van der Waals surface area contributed by atoms with Gasteiger partial charge in [0.15, 0.2) is 0 Å². The lowest BCUT2D eigenvalue weighted by Gasteiger charge is -2.34. The molecular weight excluding hydrogens is 328 g/mol. The van der Waals surface area contributed by atoms with Crippen molar-refractivity contribution >= 4 is 17.8 Å². The molecule has 0 saturated heterocycles.